The van der Waals surface area contributed by atoms with Crippen molar-refractivity contribution in [1.82, 2.24) is 0 Å². The fourth-order valence-electron chi connectivity index (χ4n) is 2.75. The summed E-state index contributed by atoms with van der Waals surface area (Å²) >= 11 is 6.33. The van der Waals surface area contributed by atoms with Gasteiger partial charge in [0, 0.05) is 5.56 Å². The lowest BCUT2D eigenvalue weighted by molar-refractivity contribution is 0.412. The standard InChI is InChI=1S/C16H21ClO/c1-11-8-12(2)16(15(9-11)18-3)13-6-4-5-7-14(17)10-13/h8-10,14H,4-7H2,1-3H3. The maximum absolute atomic E-state index is 6.33. The molecule has 0 saturated heterocycles. The summed E-state index contributed by atoms with van der Waals surface area (Å²) in [5.41, 5.74) is 5.12. The Hall–Kier alpha value is -0.950. The maximum Gasteiger partial charge on any atom is 0.126 e. The number of hydrogen-bond acceptors (Lipinski definition) is 1. The van der Waals surface area contributed by atoms with Gasteiger partial charge < -0.3 is 4.74 Å². The van der Waals surface area contributed by atoms with Crippen LogP contribution in [0.4, 0.5) is 0 Å². The summed E-state index contributed by atoms with van der Waals surface area (Å²) in [5.74, 6) is 0.976. The minimum atomic E-state index is 0.160. The normalized spacial score (nSPS) is 20.2. The Balaban J connectivity index is 2.49. The third-order valence-electron chi connectivity index (χ3n) is 3.54. The lowest BCUT2D eigenvalue weighted by Crippen LogP contribution is -1.98. The van der Waals surface area contributed by atoms with E-state index >= 15 is 0 Å². The largest absolute Gasteiger partial charge is 0.496 e. The Morgan fingerprint density at radius 3 is 2.72 bits per heavy atom. The first-order valence-electron chi connectivity index (χ1n) is 6.62. The van der Waals surface area contributed by atoms with Crippen LogP contribution in [0, 0.1) is 13.8 Å². The molecule has 0 spiro atoms. The summed E-state index contributed by atoms with van der Waals surface area (Å²) in [5, 5.41) is 0.160. The van der Waals surface area contributed by atoms with E-state index in [-0.39, 0.29) is 5.38 Å². The van der Waals surface area contributed by atoms with Gasteiger partial charge in [-0.25, -0.2) is 0 Å². The van der Waals surface area contributed by atoms with E-state index in [1.165, 1.54) is 35.1 Å². The summed E-state index contributed by atoms with van der Waals surface area (Å²) in [6.07, 6.45) is 6.82. The number of methoxy groups -OCH3 is 1. The lowest BCUT2D eigenvalue weighted by atomic mass is 9.94. The van der Waals surface area contributed by atoms with Gasteiger partial charge in [-0.3, -0.25) is 0 Å². The van der Waals surface area contributed by atoms with Crippen LogP contribution >= 0.6 is 11.6 Å². The number of ether oxygens (including phenoxy) is 1. The number of rotatable bonds is 2. The van der Waals surface area contributed by atoms with Gasteiger partial charge in [0.25, 0.3) is 0 Å². The van der Waals surface area contributed by atoms with Gasteiger partial charge >= 0.3 is 0 Å². The predicted molar refractivity (Wildman–Crippen MR) is 78.6 cm³/mol. The fraction of sp³-hybridized carbons (Fsp3) is 0.500. The van der Waals surface area contributed by atoms with E-state index in [1.807, 2.05) is 0 Å². The highest BCUT2D eigenvalue weighted by Gasteiger charge is 2.16. The minimum absolute atomic E-state index is 0.160. The summed E-state index contributed by atoms with van der Waals surface area (Å²) < 4.78 is 5.55. The van der Waals surface area contributed by atoms with Crippen LogP contribution in [0.25, 0.3) is 5.57 Å². The maximum atomic E-state index is 6.33. The molecule has 1 aromatic rings. The van der Waals surface area contributed by atoms with Gasteiger partial charge in [-0.05, 0) is 55.9 Å². The number of allylic oxidation sites excluding steroid dienone is 2. The van der Waals surface area contributed by atoms with Crippen LogP contribution in [-0.2, 0) is 0 Å². The highest BCUT2D eigenvalue weighted by atomic mass is 35.5. The van der Waals surface area contributed by atoms with E-state index in [1.54, 1.807) is 7.11 Å². The molecule has 1 aliphatic rings. The molecule has 0 aliphatic heterocycles. The summed E-state index contributed by atoms with van der Waals surface area (Å²) in [7, 11) is 1.74. The summed E-state index contributed by atoms with van der Waals surface area (Å²) in [4.78, 5) is 0. The Bertz CT molecular complexity index is 462. The second-order valence-corrected chi connectivity index (χ2v) is 5.67. The van der Waals surface area contributed by atoms with Crippen LogP contribution in [0.5, 0.6) is 5.75 Å². The van der Waals surface area contributed by atoms with Crippen molar-refractivity contribution in [3.8, 4) is 5.75 Å². The van der Waals surface area contributed by atoms with Crippen molar-refractivity contribution < 1.29 is 4.74 Å². The molecule has 18 heavy (non-hydrogen) atoms. The van der Waals surface area contributed by atoms with Crippen LogP contribution < -0.4 is 4.74 Å². The monoisotopic (exact) mass is 264 g/mol. The van der Waals surface area contributed by atoms with Crippen LogP contribution in [0.2, 0.25) is 0 Å². The van der Waals surface area contributed by atoms with Crippen molar-refractivity contribution in [2.24, 2.45) is 0 Å². The van der Waals surface area contributed by atoms with Crippen LogP contribution in [0.1, 0.15) is 42.4 Å². The van der Waals surface area contributed by atoms with Crippen LogP contribution in [0.15, 0.2) is 18.2 Å². The number of benzene rings is 1. The molecule has 1 aliphatic carbocycles. The molecule has 1 atom stereocenters. The van der Waals surface area contributed by atoms with Crippen molar-refractivity contribution in [3.63, 3.8) is 0 Å². The minimum Gasteiger partial charge on any atom is -0.496 e. The zero-order valence-corrected chi connectivity index (χ0v) is 12.2. The quantitative estimate of drug-likeness (QED) is 0.692. The molecule has 1 aromatic carbocycles. The zero-order chi connectivity index (χ0) is 13.1. The van der Waals surface area contributed by atoms with Gasteiger partial charge in [-0.2, -0.15) is 0 Å². The van der Waals surface area contributed by atoms with E-state index in [4.69, 9.17) is 16.3 Å². The van der Waals surface area contributed by atoms with Gasteiger partial charge in [-0.15, -0.1) is 11.6 Å². The molecular formula is C16H21ClO. The Morgan fingerprint density at radius 1 is 1.22 bits per heavy atom. The Morgan fingerprint density at radius 2 is 2.00 bits per heavy atom. The number of aryl methyl sites for hydroxylation is 2. The van der Waals surface area contributed by atoms with Gasteiger partial charge in [0.1, 0.15) is 5.75 Å². The second-order valence-electron chi connectivity index (χ2n) is 5.11. The van der Waals surface area contributed by atoms with Crippen molar-refractivity contribution in [3.05, 3.63) is 34.9 Å². The van der Waals surface area contributed by atoms with E-state index in [2.05, 4.69) is 32.1 Å². The summed E-state index contributed by atoms with van der Waals surface area (Å²) in [6, 6.07) is 4.32. The average Bonchev–Trinajstić information content (AvgIpc) is 2.52. The zero-order valence-electron chi connectivity index (χ0n) is 11.4. The Labute approximate surface area is 115 Å². The van der Waals surface area contributed by atoms with Crippen LogP contribution in [0.3, 0.4) is 0 Å². The van der Waals surface area contributed by atoms with Gasteiger partial charge in [0.15, 0.2) is 0 Å². The molecule has 2 rings (SSSR count). The molecule has 0 bridgehead atoms. The number of alkyl halides is 1. The van der Waals surface area contributed by atoms with Crippen molar-refractivity contribution in [1.29, 1.82) is 0 Å². The molecule has 0 saturated carbocycles. The van der Waals surface area contributed by atoms with Gasteiger partial charge in [0.05, 0.1) is 12.5 Å². The molecule has 2 heteroatoms. The van der Waals surface area contributed by atoms with Crippen molar-refractivity contribution in [2.45, 2.75) is 44.9 Å². The van der Waals surface area contributed by atoms with Crippen molar-refractivity contribution >= 4 is 17.2 Å². The topological polar surface area (TPSA) is 9.23 Å². The third kappa shape index (κ3) is 2.89. The van der Waals surface area contributed by atoms with Crippen LogP contribution in [-0.4, -0.2) is 12.5 Å². The SMILES string of the molecule is COc1cc(C)cc(C)c1C1=CC(Cl)CCCC1. The smallest absolute Gasteiger partial charge is 0.126 e. The second kappa shape index (κ2) is 5.79. The summed E-state index contributed by atoms with van der Waals surface area (Å²) in [6.45, 7) is 4.25. The average molecular weight is 265 g/mol. The molecular weight excluding hydrogens is 244 g/mol. The Kier molecular flexibility index (Phi) is 4.34. The molecule has 1 unspecified atom stereocenters. The molecule has 0 fully saturated rings. The lowest BCUT2D eigenvalue weighted by Gasteiger charge is -2.16. The van der Waals surface area contributed by atoms with Crippen molar-refractivity contribution in [2.75, 3.05) is 7.11 Å². The first kappa shape index (κ1) is 13.5. The molecule has 0 aromatic heterocycles. The fourth-order valence-corrected chi connectivity index (χ4v) is 3.06. The molecule has 98 valence electrons. The molecule has 0 N–H and O–H groups in total. The van der Waals surface area contributed by atoms with Gasteiger partial charge in [0.2, 0.25) is 0 Å². The first-order chi connectivity index (χ1) is 8.61. The predicted octanol–water partition coefficient (Wildman–Crippen LogP) is 4.88. The van der Waals surface area contributed by atoms with E-state index in [0.717, 1.165) is 18.6 Å². The third-order valence-corrected chi connectivity index (χ3v) is 3.89. The molecule has 0 heterocycles. The van der Waals surface area contributed by atoms with E-state index in [0.29, 0.717) is 0 Å². The van der Waals surface area contributed by atoms with E-state index in [9.17, 15) is 0 Å². The molecule has 0 radical (unpaired) electrons. The number of hydrogen-bond donors (Lipinski definition) is 0. The first-order valence-corrected chi connectivity index (χ1v) is 7.06. The molecule has 0 amide bonds. The number of halogens is 1. The van der Waals surface area contributed by atoms with Gasteiger partial charge in [-0.1, -0.05) is 18.6 Å². The van der Waals surface area contributed by atoms with E-state index < -0.39 is 0 Å². The molecule has 1 nitrogen and oxygen atoms in total. The highest BCUT2D eigenvalue weighted by molar-refractivity contribution is 6.22. The highest BCUT2D eigenvalue weighted by Crippen LogP contribution is 2.36.